The van der Waals surface area contributed by atoms with Gasteiger partial charge in [-0.15, -0.1) is 0 Å². The maximum atomic E-state index is 11.0. The number of rotatable bonds is 6. The minimum atomic E-state index is -3.85. The van der Waals surface area contributed by atoms with Crippen molar-refractivity contribution in [2.24, 2.45) is 0 Å². The lowest BCUT2D eigenvalue weighted by molar-refractivity contribution is 0.174. The van der Waals surface area contributed by atoms with Crippen LogP contribution < -0.4 is 0 Å². The molecule has 0 aliphatic rings. The van der Waals surface area contributed by atoms with Crippen LogP contribution in [0.4, 0.5) is 0 Å². The fourth-order valence-corrected chi connectivity index (χ4v) is 1.13. The first kappa shape index (κ1) is 12.6. The van der Waals surface area contributed by atoms with Gasteiger partial charge in [0.25, 0.3) is 0 Å². The van der Waals surface area contributed by atoms with Crippen molar-refractivity contribution in [2.75, 3.05) is 13.2 Å². The molecule has 0 spiro atoms. The fourth-order valence-electron chi connectivity index (χ4n) is 0.504. The highest BCUT2D eigenvalue weighted by atomic mass is 31.2. The molecule has 0 aromatic rings. The van der Waals surface area contributed by atoms with Gasteiger partial charge in [0.05, 0.1) is 13.2 Å². The van der Waals surface area contributed by atoms with Crippen LogP contribution in [0.25, 0.3) is 0 Å². The topological polar surface area (TPSA) is 55.8 Å². The monoisotopic (exact) mass is 206 g/mol. The predicted molar refractivity (Wildman–Crippen MR) is 51.4 cm³/mol. The Bertz CT molecular complexity index is 202. The maximum absolute atomic E-state index is 11.0. The molecular formula is C8H15O4P. The maximum Gasteiger partial charge on any atom is 0.472 e. The van der Waals surface area contributed by atoms with Gasteiger partial charge in [0, 0.05) is 0 Å². The fraction of sp³-hybridized carbons (Fsp3) is 0.500. The first-order valence-corrected chi connectivity index (χ1v) is 5.46. The minimum Gasteiger partial charge on any atom is -0.302 e. The number of hydrogen-bond donors (Lipinski definition) is 1. The highest BCUT2D eigenvalue weighted by Gasteiger charge is 2.18. The van der Waals surface area contributed by atoms with Crippen molar-refractivity contribution in [3.8, 4) is 0 Å². The van der Waals surface area contributed by atoms with Gasteiger partial charge in [-0.1, -0.05) is 24.3 Å². The third kappa shape index (κ3) is 7.94. The molecule has 1 N–H and O–H groups in total. The zero-order chi connectivity index (χ0) is 10.2. The molecule has 0 radical (unpaired) electrons. The van der Waals surface area contributed by atoms with E-state index in [4.69, 9.17) is 4.89 Å². The van der Waals surface area contributed by atoms with Crippen LogP contribution >= 0.6 is 7.82 Å². The van der Waals surface area contributed by atoms with Crippen molar-refractivity contribution in [1.29, 1.82) is 0 Å². The summed E-state index contributed by atoms with van der Waals surface area (Å²) in [5.41, 5.74) is 0. The normalized spacial score (nSPS) is 13.2. The Morgan fingerprint density at radius 3 is 1.85 bits per heavy atom. The molecule has 0 fully saturated rings. The number of phosphoric ester groups is 1. The number of phosphoric acid groups is 1. The summed E-state index contributed by atoms with van der Waals surface area (Å²) in [6, 6.07) is 0. The van der Waals surface area contributed by atoms with Crippen molar-refractivity contribution in [1.82, 2.24) is 0 Å². The van der Waals surface area contributed by atoms with E-state index in [1.165, 1.54) is 0 Å². The summed E-state index contributed by atoms with van der Waals surface area (Å²) in [5.74, 6) is 0. The molecule has 0 aromatic heterocycles. The van der Waals surface area contributed by atoms with Crippen LogP contribution in [0.2, 0.25) is 0 Å². The molecular weight excluding hydrogens is 191 g/mol. The summed E-state index contributed by atoms with van der Waals surface area (Å²) < 4.78 is 20.2. The van der Waals surface area contributed by atoms with Gasteiger partial charge >= 0.3 is 7.82 Å². The summed E-state index contributed by atoms with van der Waals surface area (Å²) in [4.78, 5) is 9.01. The Morgan fingerprint density at radius 1 is 1.15 bits per heavy atom. The summed E-state index contributed by atoms with van der Waals surface area (Å²) in [5, 5.41) is 0. The van der Waals surface area contributed by atoms with Crippen LogP contribution in [-0.2, 0) is 13.6 Å². The van der Waals surface area contributed by atoms with E-state index in [1.807, 2.05) is 0 Å². The van der Waals surface area contributed by atoms with Gasteiger partial charge in [-0.25, -0.2) is 4.57 Å². The lowest BCUT2D eigenvalue weighted by Gasteiger charge is -2.08. The third-order valence-electron chi connectivity index (χ3n) is 1.14. The van der Waals surface area contributed by atoms with E-state index < -0.39 is 7.82 Å². The number of allylic oxidation sites excluding steroid dienone is 2. The van der Waals surface area contributed by atoms with E-state index in [9.17, 15) is 4.57 Å². The Labute approximate surface area is 78.5 Å². The van der Waals surface area contributed by atoms with Crippen LogP contribution in [0.3, 0.4) is 0 Å². The Hall–Kier alpha value is -0.410. The molecule has 0 saturated heterocycles. The standard InChI is InChI=1S/C8H15O4P/c1-3-5-7-11-13(9,10)12-8-6-4-2/h3-6H,7-8H2,1-2H3,(H,9,10)/b5-3+,6-4+. The molecule has 0 saturated carbocycles. The van der Waals surface area contributed by atoms with E-state index in [1.54, 1.807) is 38.2 Å². The van der Waals surface area contributed by atoms with Gasteiger partial charge in [-0.3, -0.25) is 9.05 Å². The van der Waals surface area contributed by atoms with Crippen LogP contribution in [0.1, 0.15) is 13.8 Å². The Morgan fingerprint density at radius 2 is 1.54 bits per heavy atom. The summed E-state index contributed by atoms with van der Waals surface area (Å²) in [6.45, 7) is 3.76. The number of hydrogen-bond acceptors (Lipinski definition) is 3. The van der Waals surface area contributed by atoms with Crippen molar-refractivity contribution < 1.29 is 18.5 Å². The second kappa shape index (κ2) is 7.04. The van der Waals surface area contributed by atoms with Crippen molar-refractivity contribution in [3.05, 3.63) is 24.3 Å². The molecule has 13 heavy (non-hydrogen) atoms. The van der Waals surface area contributed by atoms with Gasteiger partial charge in [0.15, 0.2) is 0 Å². The average molecular weight is 206 g/mol. The highest BCUT2D eigenvalue weighted by Crippen LogP contribution is 2.42. The minimum absolute atomic E-state index is 0.0834. The van der Waals surface area contributed by atoms with E-state index in [2.05, 4.69) is 9.05 Å². The zero-order valence-corrected chi connectivity index (χ0v) is 8.74. The molecule has 0 aliphatic heterocycles. The molecule has 0 atom stereocenters. The zero-order valence-electron chi connectivity index (χ0n) is 7.84. The first-order valence-electron chi connectivity index (χ1n) is 3.96. The van der Waals surface area contributed by atoms with E-state index in [0.29, 0.717) is 0 Å². The first-order chi connectivity index (χ1) is 6.12. The largest absolute Gasteiger partial charge is 0.472 e. The van der Waals surface area contributed by atoms with Crippen LogP contribution in [-0.4, -0.2) is 18.1 Å². The van der Waals surface area contributed by atoms with Crippen molar-refractivity contribution in [2.45, 2.75) is 13.8 Å². The van der Waals surface area contributed by atoms with Gasteiger partial charge in [0.1, 0.15) is 0 Å². The molecule has 0 heterocycles. The molecule has 5 heteroatoms. The Kier molecular flexibility index (Phi) is 6.82. The SMILES string of the molecule is C/C=C/COP(=O)(O)OC/C=C/C. The van der Waals surface area contributed by atoms with Crippen LogP contribution in [0.5, 0.6) is 0 Å². The third-order valence-corrected chi connectivity index (χ3v) is 2.09. The van der Waals surface area contributed by atoms with Crippen LogP contribution in [0.15, 0.2) is 24.3 Å². The second-order valence-corrected chi connectivity index (χ2v) is 3.65. The summed E-state index contributed by atoms with van der Waals surface area (Å²) in [7, 11) is -3.85. The second-order valence-electron chi connectivity index (χ2n) is 2.20. The van der Waals surface area contributed by atoms with Gasteiger partial charge in [0.2, 0.25) is 0 Å². The van der Waals surface area contributed by atoms with Gasteiger partial charge < -0.3 is 4.89 Å². The molecule has 76 valence electrons. The van der Waals surface area contributed by atoms with E-state index in [-0.39, 0.29) is 13.2 Å². The smallest absolute Gasteiger partial charge is 0.302 e. The molecule has 0 unspecified atom stereocenters. The summed E-state index contributed by atoms with van der Waals surface area (Å²) >= 11 is 0. The van der Waals surface area contributed by atoms with Crippen LogP contribution in [0, 0.1) is 0 Å². The van der Waals surface area contributed by atoms with E-state index >= 15 is 0 Å². The van der Waals surface area contributed by atoms with Gasteiger partial charge in [-0.2, -0.15) is 0 Å². The predicted octanol–water partition coefficient (Wildman–Crippen LogP) is 2.27. The average Bonchev–Trinajstić information content (AvgIpc) is 2.05. The quantitative estimate of drug-likeness (QED) is 0.535. The highest BCUT2D eigenvalue weighted by molar-refractivity contribution is 7.47. The molecule has 4 nitrogen and oxygen atoms in total. The Balaban J connectivity index is 3.73. The lowest BCUT2D eigenvalue weighted by Crippen LogP contribution is -1.95. The van der Waals surface area contributed by atoms with Gasteiger partial charge in [-0.05, 0) is 13.8 Å². The molecule has 0 aliphatic carbocycles. The molecule has 0 bridgehead atoms. The van der Waals surface area contributed by atoms with Crippen molar-refractivity contribution in [3.63, 3.8) is 0 Å². The lowest BCUT2D eigenvalue weighted by atomic mass is 10.6. The van der Waals surface area contributed by atoms with E-state index in [0.717, 1.165) is 0 Å². The molecule has 0 aromatic carbocycles. The molecule has 0 amide bonds. The summed E-state index contributed by atoms with van der Waals surface area (Å²) in [6.07, 6.45) is 6.71. The van der Waals surface area contributed by atoms with Crippen molar-refractivity contribution >= 4 is 7.82 Å². The molecule has 0 rings (SSSR count).